The first kappa shape index (κ1) is 40.5. The van der Waals surface area contributed by atoms with Crippen molar-refractivity contribution < 1.29 is 52.0 Å². The van der Waals surface area contributed by atoms with Crippen molar-refractivity contribution in [2.24, 2.45) is 0 Å². The molecule has 3 aromatic carbocycles. The molecule has 1 heterocycles. The number of nitro groups is 2. The monoisotopic (exact) mass is 773 g/mol. The van der Waals surface area contributed by atoms with Gasteiger partial charge in [-0.15, -0.1) is 0 Å². The predicted molar refractivity (Wildman–Crippen MR) is 171 cm³/mol. The highest BCUT2D eigenvalue weighted by Gasteiger charge is 2.33. The number of anilines is 2. The molecule has 0 aliphatic rings. The van der Waals surface area contributed by atoms with E-state index in [-0.39, 0.29) is 37.9 Å². The van der Waals surface area contributed by atoms with Crippen LogP contribution < -0.4 is 21.5 Å². The van der Waals surface area contributed by atoms with Crippen LogP contribution in [-0.2, 0) is 15.5 Å². The van der Waals surface area contributed by atoms with Crippen molar-refractivity contribution in [3.05, 3.63) is 102 Å². The number of halogens is 6. The lowest BCUT2D eigenvalue weighted by Crippen LogP contribution is -2.23. The van der Waals surface area contributed by atoms with E-state index in [4.69, 9.17) is 65.9 Å². The van der Waals surface area contributed by atoms with Gasteiger partial charge in [-0.2, -0.15) is 18.3 Å². The van der Waals surface area contributed by atoms with Crippen LogP contribution in [0.1, 0.15) is 5.56 Å². The number of para-hydroxylation sites is 1. The molecule has 24 heteroatoms. The molecule has 0 radical (unpaired) electrons. The Labute approximate surface area is 287 Å². The second-order valence-electron chi connectivity index (χ2n) is 9.00. The first-order valence-electron chi connectivity index (χ1n) is 12.6. The Balaban J connectivity index is 0.000000272. The molecule has 264 valence electrons. The number of nitro benzene ring substituents is 1. The molecule has 0 aliphatic carbocycles. The number of nitrogens with zero attached hydrogens (tertiary/aromatic N) is 4. The van der Waals surface area contributed by atoms with Gasteiger partial charge in [-0.05, 0) is 30.3 Å². The largest absolute Gasteiger partial charge is 0.480 e. The average Bonchev–Trinajstić information content (AvgIpc) is 3.36. The van der Waals surface area contributed by atoms with Crippen LogP contribution in [0.4, 0.5) is 36.1 Å². The van der Waals surface area contributed by atoms with Crippen molar-refractivity contribution in [2.75, 3.05) is 24.3 Å². The molecule has 0 amide bonds. The molecule has 0 fully saturated rings. The number of hydrogen-bond acceptors (Lipinski definition) is 11. The average molecular weight is 775 g/mol. The molecular weight excluding hydrogens is 753 g/mol. The Kier molecular flexibility index (Phi) is 14.1. The van der Waals surface area contributed by atoms with Crippen molar-refractivity contribution in [3.63, 3.8) is 0 Å². The molecule has 49 heavy (non-hydrogen) atoms. The first-order chi connectivity index (χ1) is 22.6. The third kappa shape index (κ3) is 12.1. The van der Waals surface area contributed by atoms with Crippen LogP contribution in [0.25, 0.3) is 5.69 Å². The SMILES string of the molecule is Nc1c([N+](=O)[O-])ccc(Oc2ccccc2)c1Cl.Nc1c([N+](=O)[O-])cnn1-c1c(Cl)cc(C(F)(F)F)cc1Cl.O=C(O)CNCP(=O)(O)O. The van der Waals surface area contributed by atoms with E-state index in [2.05, 4.69) is 10.4 Å². The van der Waals surface area contributed by atoms with E-state index in [9.17, 15) is 42.8 Å². The maximum Gasteiger partial charge on any atom is 0.416 e. The Morgan fingerprint density at radius 3 is 2.00 bits per heavy atom. The van der Waals surface area contributed by atoms with Crippen LogP contribution in [0.2, 0.25) is 15.1 Å². The summed E-state index contributed by atoms with van der Waals surface area (Å²) in [5.74, 6) is -0.685. The summed E-state index contributed by atoms with van der Waals surface area (Å²) in [6, 6.07) is 12.9. The second-order valence-corrected chi connectivity index (χ2v) is 11.8. The van der Waals surface area contributed by atoms with Crippen LogP contribution in [0.15, 0.2) is 60.8 Å². The van der Waals surface area contributed by atoms with Gasteiger partial charge in [0.15, 0.2) is 0 Å². The highest BCUT2D eigenvalue weighted by Crippen LogP contribution is 2.40. The summed E-state index contributed by atoms with van der Waals surface area (Å²) in [5.41, 5.74) is 9.03. The molecular formula is C25H22Cl3F3N7O10P. The molecule has 1 aromatic heterocycles. The van der Waals surface area contributed by atoms with Crippen LogP contribution in [-0.4, -0.2) is 53.3 Å². The van der Waals surface area contributed by atoms with Gasteiger partial charge in [0.1, 0.15) is 34.1 Å². The normalized spacial score (nSPS) is 11.0. The van der Waals surface area contributed by atoms with Gasteiger partial charge in [-0.3, -0.25) is 34.9 Å². The molecule has 17 nitrogen and oxygen atoms in total. The topological polar surface area (TPSA) is 272 Å². The fourth-order valence-corrected chi connectivity index (χ4v) is 4.57. The number of nitrogens with one attached hydrogen (secondary N) is 1. The van der Waals surface area contributed by atoms with Gasteiger partial charge < -0.3 is 31.1 Å². The number of carboxylic acids is 1. The number of rotatable bonds is 9. The Hall–Kier alpha value is -4.69. The summed E-state index contributed by atoms with van der Waals surface area (Å²) >= 11 is 17.5. The highest BCUT2D eigenvalue weighted by atomic mass is 35.5. The Morgan fingerprint density at radius 1 is 1.00 bits per heavy atom. The molecule has 4 aromatic rings. The summed E-state index contributed by atoms with van der Waals surface area (Å²) in [5, 5.41) is 34.3. The van der Waals surface area contributed by atoms with Gasteiger partial charge in [-0.25, -0.2) is 4.68 Å². The standard InChI is InChI=1S/C12H9ClN2O3.C10H5Cl2F3N4O2.C3H8NO5P/c13-11-10(18-8-4-2-1-3-5-8)7-6-9(12(11)14)15(16)17;11-5-1-4(10(13,14)15)2-6(12)8(5)18-9(16)7(3-17-18)19(20)21;5-3(6)1-4-2-10(7,8)9/h1-7H,14H2;1-3H,16H2;4H,1-2H2,(H,5,6)(H2,7,8,9). The van der Waals surface area contributed by atoms with Gasteiger partial charge in [0.05, 0.1) is 38.3 Å². The number of aromatic nitrogens is 2. The highest BCUT2D eigenvalue weighted by molar-refractivity contribution is 7.51. The molecule has 8 N–H and O–H groups in total. The zero-order chi connectivity index (χ0) is 37.3. The van der Waals surface area contributed by atoms with E-state index < -0.39 is 59.5 Å². The van der Waals surface area contributed by atoms with Crippen LogP contribution in [0.3, 0.4) is 0 Å². The summed E-state index contributed by atoms with van der Waals surface area (Å²) in [4.78, 5) is 46.1. The van der Waals surface area contributed by atoms with Crippen molar-refractivity contribution in [1.82, 2.24) is 15.1 Å². The predicted octanol–water partition coefficient (Wildman–Crippen LogP) is 6.11. The van der Waals surface area contributed by atoms with Crippen molar-refractivity contribution in [2.45, 2.75) is 6.18 Å². The molecule has 0 bridgehead atoms. The Morgan fingerprint density at radius 2 is 1.55 bits per heavy atom. The number of hydrogen-bond donors (Lipinski definition) is 6. The number of nitrogens with two attached hydrogens (primary N) is 2. The quantitative estimate of drug-likeness (QED) is 0.0485. The van der Waals surface area contributed by atoms with Gasteiger partial charge in [0.2, 0.25) is 5.82 Å². The summed E-state index contributed by atoms with van der Waals surface area (Å²) < 4.78 is 54.2. The summed E-state index contributed by atoms with van der Waals surface area (Å²) in [6.07, 6.45) is -4.38. The lowest BCUT2D eigenvalue weighted by Gasteiger charge is -2.12. The first-order valence-corrected chi connectivity index (χ1v) is 15.5. The number of carbonyl (C=O) groups is 1. The number of nitrogen functional groups attached to an aromatic ring is 2. The number of aliphatic carboxylic acids is 1. The van der Waals surface area contributed by atoms with Crippen molar-refractivity contribution >= 4 is 71.2 Å². The number of benzene rings is 3. The number of ether oxygens (including phenoxy) is 1. The van der Waals surface area contributed by atoms with Crippen LogP contribution in [0.5, 0.6) is 11.5 Å². The van der Waals surface area contributed by atoms with E-state index in [1.807, 2.05) is 6.07 Å². The zero-order valence-electron chi connectivity index (χ0n) is 24.0. The minimum atomic E-state index is -4.63. The van der Waals surface area contributed by atoms with Gasteiger partial charge >= 0.3 is 25.4 Å². The van der Waals surface area contributed by atoms with Crippen molar-refractivity contribution in [3.8, 4) is 17.2 Å². The smallest absolute Gasteiger partial charge is 0.416 e. The molecule has 0 spiro atoms. The lowest BCUT2D eigenvalue weighted by molar-refractivity contribution is -0.384. The molecule has 0 aliphatic heterocycles. The third-order valence-electron chi connectivity index (χ3n) is 5.42. The van der Waals surface area contributed by atoms with E-state index in [0.29, 0.717) is 17.9 Å². The van der Waals surface area contributed by atoms with E-state index >= 15 is 0 Å². The minimum absolute atomic E-state index is 0.0352. The van der Waals surface area contributed by atoms with E-state index in [1.54, 1.807) is 24.3 Å². The molecule has 4 rings (SSSR count). The number of carboxylic acid groups (broad SMARTS) is 1. The van der Waals surface area contributed by atoms with Crippen LogP contribution >= 0.6 is 42.4 Å². The fourth-order valence-electron chi connectivity index (χ4n) is 3.32. The Bertz CT molecular complexity index is 1860. The third-order valence-corrected chi connectivity index (χ3v) is 7.02. The zero-order valence-corrected chi connectivity index (χ0v) is 27.2. The van der Waals surface area contributed by atoms with E-state index in [1.165, 1.54) is 12.1 Å². The van der Waals surface area contributed by atoms with Gasteiger partial charge in [-0.1, -0.05) is 53.0 Å². The van der Waals surface area contributed by atoms with Gasteiger partial charge in [0.25, 0.3) is 5.69 Å². The van der Waals surface area contributed by atoms with Crippen molar-refractivity contribution in [1.29, 1.82) is 0 Å². The number of alkyl halides is 3. The fraction of sp³-hybridized carbons (Fsp3) is 0.120. The lowest BCUT2D eigenvalue weighted by atomic mass is 10.2. The van der Waals surface area contributed by atoms with Gasteiger partial charge in [0, 0.05) is 6.07 Å². The molecule has 0 unspecified atom stereocenters. The summed E-state index contributed by atoms with van der Waals surface area (Å²) in [6.45, 7) is -0.439. The molecule has 0 saturated heterocycles. The second kappa shape index (κ2) is 17.1. The maximum absolute atomic E-state index is 12.6. The maximum atomic E-state index is 12.6. The summed E-state index contributed by atoms with van der Waals surface area (Å²) in [7, 11) is -4.10. The minimum Gasteiger partial charge on any atom is -0.480 e. The molecule has 0 atom stereocenters. The van der Waals surface area contributed by atoms with Crippen LogP contribution in [0, 0.1) is 20.2 Å². The molecule has 0 saturated carbocycles. The van der Waals surface area contributed by atoms with E-state index in [0.717, 1.165) is 10.9 Å².